The molecule has 4 atom stereocenters. The van der Waals surface area contributed by atoms with Gasteiger partial charge in [-0.15, -0.1) is 0 Å². The fourth-order valence-electron chi connectivity index (χ4n) is 4.27. The van der Waals surface area contributed by atoms with Crippen LogP contribution in [0.15, 0.2) is 18.2 Å². The topological polar surface area (TPSA) is 81.4 Å². The fraction of sp³-hybridized carbons (Fsp3) is 0.556. The molecular formula is C18H23ClN2O3. The lowest BCUT2D eigenvalue weighted by molar-refractivity contribution is -0.124. The first-order chi connectivity index (χ1) is 11.4. The minimum Gasteiger partial charge on any atom is -0.483 e. The van der Waals surface area contributed by atoms with Gasteiger partial charge in [0.25, 0.3) is 11.8 Å². The maximum atomic E-state index is 12.2. The molecule has 6 heteroatoms. The van der Waals surface area contributed by atoms with Gasteiger partial charge in [0, 0.05) is 11.1 Å². The van der Waals surface area contributed by atoms with Crippen molar-refractivity contribution in [1.29, 1.82) is 0 Å². The van der Waals surface area contributed by atoms with Gasteiger partial charge in [-0.3, -0.25) is 9.59 Å². The number of hydrogen-bond acceptors (Lipinski definition) is 3. The quantitative estimate of drug-likeness (QED) is 0.827. The Morgan fingerprint density at radius 2 is 2.17 bits per heavy atom. The van der Waals surface area contributed by atoms with E-state index in [0.29, 0.717) is 10.9 Å². The Morgan fingerprint density at radius 1 is 1.38 bits per heavy atom. The van der Waals surface area contributed by atoms with Crippen LogP contribution in [-0.4, -0.2) is 24.5 Å². The van der Waals surface area contributed by atoms with Gasteiger partial charge >= 0.3 is 0 Å². The van der Waals surface area contributed by atoms with E-state index in [1.807, 2.05) is 0 Å². The van der Waals surface area contributed by atoms with Crippen LogP contribution in [0.2, 0.25) is 5.02 Å². The third kappa shape index (κ3) is 3.66. The summed E-state index contributed by atoms with van der Waals surface area (Å²) in [6.45, 7) is 1.92. The second kappa shape index (κ2) is 7.01. The van der Waals surface area contributed by atoms with E-state index in [4.69, 9.17) is 22.1 Å². The Labute approximate surface area is 146 Å². The average Bonchev–Trinajstić information content (AvgIpc) is 3.16. The lowest BCUT2D eigenvalue weighted by Crippen LogP contribution is -2.42. The molecule has 5 nitrogen and oxygen atoms in total. The monoisotopic (exact) mass is 350 g/mol. The van der Waals surface area contributed by atoms with Gasteiger partial charge in [-0.1, -0.05) is 18.0 Å². The molecule has 130 valence electrons. The third-order valence-electron chi connectivity index (χ3n) is 5.39. The lowest BCUT2D eigenvalue weighted by Gasteiger charge is -2.28. The van der Waals surface area contributed by atoms with Crippen LogP contribution in [0, 0.1) is 17.8 Å². The van der Waals surface area contributed by atoms with Crippen LogP contribution in [-0.2, 0) is 4.79 Å². The maximum absolute atomic E-state index is 12.2. The van der Waals surface area contributed by atoms with Crippen LogP contribution in [0.4, 0.5) is 0 Å². The second-order valence-electron chi connectivity index (χ2n) is 6.99. The molecule has 24 heavy (non-hydrogen) atoms. The van der Waals surface area contributed by atoms with Crippen molar-refractivity contribution < 1.29 is 14.3 Å². The molecule has 0 unspecified atom stereocenters. The van der Waals surface area contributed by atoms with E-state index in [9.17, 15) is 9.59 Å². The highest BCUT2D eigenvalue weighted by atomic mass is 35.5. The van der Waals surface area contributed by atoms with E-state index >= 15 is 0 Å². The van der Waals surface area contributed by atoms with Crippen molar-refractivity contribution >= 4 is 23.4 Å². The first-order valence-corrected chi connectivity index (χ1v) is 8.83. The van der Waals surface area contributed by atoms with Gasteiger partial charge < -0.3 is 15.8 Å². The first-order valence-electron chi connectivity index (χ1n) is 8.45. The van der Waals surface area contributed by atoms with Gasteiger partial charge in [0.1, 0.15) is 5.75 Å². The number of carbonyl (C=O) groups is 2. The van der Waals surface area contributed by atoms with Crippen LogP contribution in [0.3, 0.4) is 0 Å². The molecule has 2 amide bonds. The van der Waals surface area contributed by atoms with Crippen LogP contribution in [0.25, 0.3) is 0 Å². The molecule has 3 N–H and O–H groups in total. The minimum atomic E-state index is -0.636. The Balaban J connectivity index is 1.53. The number of carbonyl (C=O) groups excluding carboxylic acids is 2. The smallest absolute Gasteiger partial charge is 0.258 e. The van der Waals surface area contributed by atoms with E-state index in [-0.39, 0.29) is 29.9 Å². The summed E-state index contributed by atoms with van der Waals surface area (Å²) >= 11 is 5.85. The van der Waals surface area contributed by atoms with Crippen LogP contribution < -0.4 is 15.8 Å². The van der Waals surface area contributed by atoms with E-state index in [2.05, 4.69) is 12.2 Å². The molecule has 2 aliphatic rings. The molecule has 0 heterocycles. The lowest BCUT2D eigenvalue weighted by atomic mass is 9.84. The number of primary amides is 1. The molecular weight excluding hydrogens is 328 g/mol. The van der Waals surface area contributed by atoms with Crippen molar-refractivity contribution in [1.82, 2.24) is 5.32 Å². The van der Waals surface area contributed by atoms with Gasteiger partial charge in [0.05, 0.1) is 5.56 Å². The molecule has 0 aliphatic heterocycles. The average molecular weight is 351 g/mol. The van der Waals surface area contributed by atoms with Gasteiger partial charge in [-0.25, -0.2) is 0 Å². The van der Waals surface area contributed by atoms with Gasteiger partial charge in [0.15, 0.2) is 6.61 Å². The molecule has 3 rings (SSSR count). The third-order valence-corrected chi connectivity index (χ3v) is 5.62. The van der Waals surface area contributed by atoms with E-state index in [1.165, 1.54) is 31.7 Å². The number of amides is 2. The number of nitrogens with two attached hydrogens (primary N) is 1. The fourth-order valence-corrected chi connectivity index (χ4v) is 4.44. The maximum Gasteiger partial charge on any atom is 0.258 e. The van der Waals surface area contributed by atoms with E-state index in [1.54, 1.807) is 12.1 Å². The summed E-state index contributed by atoms with van der Waals surface area (Å²) in [5.41, 5.74) is 5.49. The summed E-state index contributed by atoms with van der Waals surface area (Å²) < 4.78 is 5.47. The number of halogens is 1. The Hall–Kier alpha value is -1.75. The largest absolute Gasteiger partial charge is 0.483 e. The number of nitrogens with one attached hydrogen (secondary N) is 1. The standard InChI is InChI=1S/C18H23ClN2O3/c1-10(14-7-11-2-3-12(14)6-11)21-17(22)9-24-16-5-4-13(19)8-15(16)18(20)23/h4-5,8,10-12,14H,2-3,6-7,9H2,1H3,(H2,20,23)(H,21,22)/t10-,11-,12-,14-/m0/s1. The molecule has 1 aromatic carbocycles. The minimum absolute atomic E-state index is 0.146. The summed E-state index contributed by atoms with van der Waals surface area (Å²) in [7, 11) is 0. The molecule has 0 saturated heterocycles. The van der Waals surface area contributed by atoms with Crippen molar-refractivity contribution in [3.8, 4) is 5.75 Å². The van der Waals surface area contributed by atoms with E-state index in [0.717, 1.165) is 11.8 Å². The zero-order chi connectivity index (χ0) is 17.3. The van der Waals surface area contributed by atoms with Crippen LogP contribution in [0.1, 0.15) is 43.0 Å². The van der Waals surface area contributed by atoms with Crippen molar-refractivity contribution in [2.24, 2.45) is 23.5 Å². The normalized spacial score (nSPS) is 26.2. The molecule has 0 radical (unpaired) electrons. The number of hydrogen-bond donors (Lipinski definition) is 2. The zero-order valence-corrected chi connectivity index (χ0v) is 14.5. The predicted octanol–water partition coefficient (Wildman–Crippen LogP) is 2.76. The van der Waals surface area contributed by atoms with Crippen molar-refractivity contribution in [2.45, 2.75) is 38.6 Å². The van der Waals surface area contributed by atoms with Crippen molar-refractivity contribution in [3.63, 3.8) is 0 Å². The highest BCUT2D eigenvalue weighted by Crippen LogP contribution is 2.49. The molecule has 2 bridgehead atoms. The molecule has 1 aromatic rings. The first kappa shape index (κ1) is 17.1. The molecule has 2 aliphatic carbocycles. The number of fused-ring (bicyclic) bond motifs is 2. The molecule has 0 aromatic heterocycles. The second-order valence-corrected chi connectivity index (χ2v) is 7.42. The number of rotatable bonds is 6. The summed E-state index contributed by atoms with van der Waals surface area (Å²) in [4.78, 5) is 23.6. The van der Waals surface area contributed by atoms with Crippen LogP contribution in [0.5, 0.6) is 5.75 Å². The highest BCUT2D eigenvalue weighted by Gasteiger charge is 2.42. The SMILES string of the molecule is C[C@H](NC(=O)COc1ccc(Cl)cc1C(N)=O)[C@@H]1C[C@H]2CC[C@H]1C2. The Morgan fingerprint density at radius 3 is 2.79 bits per heavy atom. The number of benzene rings is 1. The van der Waals surface area contributed by atoms with Gasteiger partial charge in [-0.2, -0.15) is 0 Å². The Bertz CT molecular complexity index is 649. The summed E-state index contributed by atoms with van der Waals surface area (Å²) in [5.74, 6) is 1.63. The summed E-state index contributed by atoms with van der Waals surface area (Å²) in [5, 5.41) is 3.42. The Kier molecular flexibility index (Phi) is 4.99. The van der Waals surface area contributed by atoms with E-state index < -0.39 is 5.91 Å². The van der Waals surface area contributed by atoms with Gasteiger partial charge in [0.2, 0.25) is 0 Å². The van der Waals surface area contributed by atoms with Crippen molar-refractivity contribution in [2.75, 3.05) is 6.61 Å². The summed E-state index contributed by atoms with van der Waals surface area (Å²) in [6.07, 6.45) is 5.17. The molecule has 2 saturated carbocycles. The zero-order valence-electron chi connectivity index (χ0n) is 13.8. The predicted molar refractivity (Wildman–Crippen MR) is 92.0 cm³/mol. The van der Waals surface area contributed by atoms with Gasteiger partial charge in [-0.05, 0) is 62.1 Å². The van der Waals surface area contributed by atoms with Crippen molar-refractivity contribution in [3.05, 3.63) is 28.8 Å². The highest BCUT2D eigenvalue weighted by molar-refractivity contribution is 6.31. The molecule has 2 fully saturated rings. The summed E-state index contributed by atoms with van der Waals surface area (Å²) in [6, 6.07) is 4.74. The molecule has 0 spiro atoms. The van der Waals surface area contributed by atoms with Crippen LogP contribution >= 0.6 is 11.6 Å². The number of ether oxygens (including phenoxy) is 1.